The summed E-state index contributed by atoms with van der Waals surface area (Å²) in [6.07, 6.45) is 0. The zero-order valence-electron chi connectivity index (χ0n) is 6.66. The van der Waals surface area contributed by atoms with Crippen LogP contribution in [-0.4, -0.2) is 17.7 Å². The number of fused-ring (bicyclic) bond motifs is 1. The van der Waals surface area contributed by atoms with Gasteiger partial charge in [-0.1, -0.05) is 0 Å². The van der Waals surface area contributed by atoms with Crippen LogP contribution in [0.2, 0.25) is 0 Å². The summed E-state index contributed by atoms with van der Waals surface area (Å²) in [4.78, 5) is 10.7. The minimum Gasteiger partial charge on any atom is -0.492 e. The lowest BCUT2D eigenvalue weighted by Crippen LogP contribution is -2.12. The molecule has 0 bridgehead atoms. The second-order valence-corrected chi connectivity index (χ2v) is 2.88. The fraction of sp³-hybridized carbons (Fsp3) is 0.222. The van der Waals surface area contributed by atoms with Gasteiger partial charge in [0, 0.05) is 5.56 Å². The second-order valence-electron chi connectivity index (χ2n) is 2.88. The van der Waals surface area contributed by atoms with E-state index in [0.717, 1.165) is 0 Å². The molecule has 68 valence electrons. The van der Waals surface area contributed by atoms with Crippen LogP contribution in [0.5, 0.6) is 5.75 Å². The Morgan fingerprint density at radius 1 is 1.62 bits per heavy atom. The zero-order valence-corrected chi connectivity index (χ0v) is 6.66. The lowest BCUT2D eigenvalue weighted by atomic mass is 10.0. The second kappa shape index (κ2) is 2.73. The van der Waals surface area contributed by atoms with Gasteiger partial charge in [0.2, 0.25) is 0 Å². The van der Waals surface area contributed by atoms with Crippen molar-refractivity contribution in [2.45, 2.75) is 5.92 Å². The van der Waals surface area contributed by atoms with Crippen molar-refractivity contribution >= 4 is 5.97 Å². The maximum absolute atomic E-state index is 12.8. The van der Waals surface area contributed by atoms with E-state index in [0.29, 0.717) is 11.3 Å². The molecule has 1 unspecified atom stereocenters. The van der Waals surface area contributed by atoms with Crippen molar-refractivity contribution in [2.75, 3.05) is 6.61 Å². The Morgan fingerprint density at radius 2 is 2.38 bits per heavy atom. The van der Waals surface area contributed by atoms with Gasteiger partial charge in [-0.3, -0.25) is 4.79 Å². The molecule has 0 spiro atoms. The van der Waals surface area contributed by atoms with Gasteiger partial charge in [0.1, 0.15) is 24.1 Å². The van der Waals surface area contributed by atoms with Crippen LogP contribution in [0.4, 0.5) is 4.39 Å². The van der Waals surface area contributed by atoms with Crippen molar-refractivity contribution in [2.24, 2.45) is 0 Å². The molecule has 1 heterocycles. The summed E-state index contributed by atoms with van der Waals surface area (Å²) in [6, 6.07) is 3.91. The van der Waals surface area contributed by atoms with Gasteiger partial charge in [0.25, 0.3) is 0 Å². The van der Waals surface area contributed by atoms with Crippen LogP contribution in [0.15, 0.2) is 18.2 Å². The molecular weight excluding hydrogens is 175 g/mol. The van der Waals surface area contributed by atoms with Gasteiger partial charge in [-0.25, -0.2) is 4.39 Å². The number of hydrogen-bond donors (Lipinski definition) is 1. The third kappa shape index (κ3) is 1.24. The smallest absolute Gasteiger partial charge is 0.314 e. The Labute approximate surface area is 73.8 Å². The van der Waals surface area contributed by atoms with Gasteiger partial charge in [0.05, 0.1) is 0 Å². The Hall–Kier alpha value is -1.58. The molecule has 0 aliphatic carbocycles. The summed E-state index contributed by atoms with van der Waals surface area (Å²) in [5.74, 6) is -1.68. The maximum atomic E-state index is 12.8. The van der Waals surface area contributed by atoms with Gasteiger partial charge < -0.3 is 9.84 Å². The van der Waals surface area contributed by atoms with Crippen LogP contribution in [0.3, 0.4) is 0 Å². The van der Waals surface area contributed by atoms with E-state index in [-0.39, 0.29) is 6.61 Å². The minimum absolute atomic E-state index is 0.0914. The molecule has 0 fully saturated rings. The highest BCUT2D eigenvalue weighted by atomic mass is 19.1. The lowest BCUT2D eigenvalue weighted by molar-refractivity contribution is -0.138. The quantitative estimate of drug-likeness (QED) is 0.713. The van der Waals surface area contributed by atoms with Crippen LogP contribution >= 0.6 is 0 Å². The molecule has 0 amide bonds. The number of carbonyl (C=O) groups is 1. The number of rotatable bonds is 1. The van der Waals surface area contributed by atoms with Crippen molar-refractivity contribution in [3.63, 3.8) is 0 Å². The molecule has 0 aromatic heterocycles. The first-order chi connectivity index (χ1) is 6.18. The first kappa shape index (κ1) is 8.04. The fourth-order valence-electron chi connectivity index (χ4n) is 1.39. The van der Waals surface area contributed by atoms with E-state index in [1.807, 2.05) is 0 Å². The zero-order chi connectivity index (χ0) is 9.42. The maximum Gasteiger partial charge on any atom is 0.314 e. The minimum atomic E-state index is -0.982. The highest BCUT2D eigenvalue weighted by Gasteiger charge is 2.30. The Bertz CT molecular complexity index is 362. The first-order valence-corrected chi connectivity index (χ1v) is 3.83. The molecule has 1 aliphatic rings. The summed E-state index contributed by atoms with van der Waals surface area (Å²) < 4.78 is 17.8. The molecule has 1 aliphatic heterocycles. The van der Waals surface area contributed by atoms with Crippen LogP contribution in [0, 0.1) is 5.82 Å². The van der Waals surface area contributed by atoms with E-state index in [9.17, 15) is 9.18 Å². The third-order valence-corrected chi connectivity index (χ3v) is 2.05. The normalized spacial score (nSPS) is 19.3. The number of aliphatic carboxylic acids is 1. The predicted molar refractivity (Wildman–Crippen MR) is 42.3 cm³/mol. The standard InChI is InChI=1S/C9H7FO3/c10-5-1-2-8-6(3-5)7(4-13-8)9(11)12/h1-3,7H,4H2,(H,11,12). The average molecular weight is 182 g/mol. The molecule has 0 saturated heterocycles. The summed E-state index contributed by atoms with van der Waals surface area (Å²) in [5.41, 5.74) is 0.424. The van der Waals surface area contributed by atoms with Gasteiger partial charge in [-0.05, 0) is 18.2 Å². The number of hydrogen-bond acceptors (Lipinski definition) is 2. The van der Waals surface area contributed by atoms with Crippen LogP contribution < -0.4 is 4.74 Å². The molecule has 4 heteroatoms. The van der Waals surface area contributed by atoms with E-state index < -0.39 is 17.7 Å². The lowest BCUT2D eigenvalue weighted by Gasteiger charge is -2.00. The molecule has 13 heavy (non-hydrogen) atoms. The van der Waals surface area contributed by atoms with E-state index in [4.69, 9.17) is 9.84 Å². The number of benzene rings is 1. The average Bonchev–Trinajstić information content (AvgIpc) is 2.46. The topological polar surface area (TPSA) is 46.5 Å². The Morgan fingerprint density at radius 3 is 3.08 bits per heavy atom. The van der Waals surface area contributed by atoms with Crippen LogP contribution in [0.25, 0.3) is 0 Å². The summed E-state index contributed by atoms with van der Waals surface area (Å²) in [7, 11) is 0. The largest absolute Gasteiger partial charge is 0.492 e. The summed E-state index contributed by atoms with van der Waals surface area (Å²) in [5, 5.41) is 8.75. The van der Waals surface area contributed by atoms with Crippen LogP contribution in [-0.2, 0) is 4.79 Å². The van der Waals surface area contributed by atoms with Gasteiger partial charge >= 0.3 is 5.97 Å². The van der Waals surface area contributed by atoms with E-state index in [1.165, 1.54) is 18.2 Å². The van der Waals surface area contributed by atoms with E-state index >= 15 is 0 Å². The van der Waals surface area contributed by atoms with Crippen molar-refractivity contribution < 1.29 is 19.0 Å². The molecule has 1 aromatic rings. The van der Waals surface area contributed by atoms with Crippen molar-refractivity contribution in [3.05, 3.63) is 29.6 Å². The van der Waals surface area contributed by atoms with Crippen molar-refractivity contribution in [3.8, 4) is 5.75 Å². The fourth-order valence-corrected chi connectivity index (χ4v) is 1.39. The van der Waals surface area contributed by atoms with E-state index in [1.54, 1.807) is 0 Å². The highest BCUT2D eigenvalue weighted by molar-refractivity contribution is 5.78. The molecule has 3 nitrogen and oxygen atoms in total. The molecule has 1 aromatic carbocycles. The molecule has 0 radical (unpaired) electrons. The third-order valence-electron chi connectivity index (χ3n) is 2.05. The molecule has 1 N–H and O–H groups in total. The monoisotopic (exact) mass is 182 g/mol. The van der Waals surface area contributed by atoms with Gasteiger partial charge in [-0.2, -0.15) is 0 Å². The van der Waals surface area contributed by atoms with E-state index in [2.05, 4.69) is 0 Å². The first-order valence-electron chi connectivity index (χ1n) is 3.83. The van der Waals surface area contributed by atoms with Gasteiger partial charge in [0.15, 0.2) is 0 Å². The SMILES string of the molecule is O=C(O)C1COc2ccc(F)cc21. The highest BCUT2D eigenvalue weighted by Crippen LogP contribution is 2.34. The van der Waals surface area contributed by atoms with Crippen LogP contribution in [0.1, 0.15) is 11.5 Å². The Kier molecular flexibility index (Phi) is 1.69. The predicted octanol–water partition coefficient (Wildman–Crippen LogP) is 1.39. The van der Waals surface area contributed by atoms with Crippen molar-refractivity contribution in [1.82, 2.24) is 0 Å². The molecule has 1 atom stereocenters. The number of carboxylic acid groups (broad SMARTS) is 1. The summed E-state index contributed by atoms with van der Waals surface area (Å²) in [6.45, 7) is 0.0914. The molecule has 0 saturated carbocycles. The Balaban J connectivity index is 2.46. The number of ether oxygens (including phenoxy) is 1. The van der Waals surface area contributed by atoms with Crippen molar-refractivity contribution in [1.29, 1.82) is 0 Å². The number of halogens is 1. The number of carboxylic acids is 1. The summed E-state index contributed by atoms with van der Waals surface area (Å²) >= 11 is 0. The molecule has 2 rings (SSSR count). The van der Waals surface area contributed by atoms with Gasteiger partial charge in [-0.15, -0.1) is 0 Å². The molecular formula is C9H7FO3.